The first kappa shape index (κ1) is 13.4. The molecule has 0 aromatic heterocycles. The summed E-state index contributed by atoms with van der Waals surface area (Å²) >= 11 is 0. The van der Waals surface area contributed by atoms with Gasteiger partial charge in [0.15, 0.2) is 0 Å². The SMILES string of the molecule is CC(C(=O)NCCCO)C(C)(C)CO. The zero-order chi connectivity index (χ0) is 11.2. The third-order valence-corrected chi connectivity index (χ3v) is 2.61. The smallest absolute Gasteiger partial charge is 0.223 e. The Balaban J connectivity index is 3.99. The highest BCUT2D eigenvalue weighted by atomic mass is 16.3. The highest BCUT2D eigenvalue weighted by Gasteiger charge is 2.30. The molecule has 0 rings (SSSR count). The summed E-state index contributed by atoms with van der Waals surface area (Å²) in [5, 5.41) is 20.3. The van der Waals surface area contributed by atoms with Gasteiger partial charge in [-0.15, -0.1) is 0 Å². The Morgan fingerprint density at radius 3 is 2.43 bits per heavy atom. The van der Waals surface area contributed by atoms with Gasteiger partial charge in [0.05, 0.1) is 0 Å². The summed E-state index contributed by atoms with van der Waals surface area (Å²) in [5.41, 5.74) is -0.400. The molecule has 3 N–H and O–H groups in total. The number of aliphatic hydroxyl groups excluding tert-OH is 2. The first-order chi connectivity index (χ1) is 6.45. The third kappa shape index (κ3) is 4.07. The minimum absolute atomic E-state index is 0.0123. The summed E-state index contributed by atoms with van der Waals surface area (Å²) in [7, 11) is 0. The predicted octanol–water partition coefficient (Wildman–Crippen LogP) is 0.140. The van der Waals surface area contributed by atoms with Crippen molar-refractivity contribution in [3.63, 3.8) is 0 Å². The molecule has 4 nitrogen and oxygen atoms in total. The van der Waals surface area contributed by atoms with Gasteiger partial charge < -0.3 is 15.5 Å². The van der Waals surface area contributed by atoms with Gasteiger partial charge in [-0.3, -0.25) is 4.79 Å². The lowest BCUT2D eigenvalue weighted by molar-refractivity contribution is -0.128. The number of aliphatic hydroxyl groups is 2. The Hall–Kier alpha value is -0.610. The van der Waals surface area contributed by atoms with Crippen molar-refractivity contribution in [2.24, 2.45) is 11.3 Å². The molecule has 0 bridgehead atoms. The van der Waals surface area contributed by atoms with E-state index < -0.39 is 5.41 Å². The molecule has 1 atom stereocenters. The second-order valence-electron chi connectivity index (χ2n) is 4.24. The van der Waals surface area contributed by atoms with Crippen molar-refractivity contribution in [2.75, 3.05) is 19.8 Å². The molecule has 84 valence electrons. The van der Waals surface area contributed by atoms with Gasteiger partial charge in [0.2, 0.25) is 5.91 Å². The van der Waals surface area contributed by atoms with Gasteiger partial charge in [0, 0.05) is 25.7 Å². The summed E-state index contributed by atoms with van der Waals surface area (Å²) in [6, 6.07) is 0. The van der Waals surface area contributed by atoms with E-state index >= 15 is 0 Å². The average Bonchev–Trinajstić information content (AvgIpc) is 2.17. The monoisotopic (exact) mass is 203 g/mol. The van der Waals surface area contributed by atoms with Gasteiger partial charge in [-0.05, 0) is 11.8 Å². The van der Waals surface area contributed by atoms with Crippen LogP contribution in [0.4, 0.5) is 0 Å². The molecule has 0 aromatic carbocycles. The van der Waals surface area contributed by atoms with Crippen LogP contribution in [0.5, 0.6) is 0 Å². The zero-order valence-electron chi connectivity index (χ0n) is 9.21. The summed E-state index contributed by atoms with van der Waals surface area (Å²) in [4.78, 5) is 11.5. The highest BCUT2D eigenvalue weighted by molar-refractivity contribution is 5.79. The molecule has 0 radical (unpaired) electrons. The Kier molecular flexibility index (Phi) is 5.72. The number of carbonyl (C=O) groups excluding carboxylic acids is 1. The van der Waals surface area contributed by atoms with Gasteiger partial charge in [0.25, 0.3) is 0 Å². The van der Waals surface area contributed by atoms with E-state index in [9.17, 15) is 4.79 Å². The summed E-state index contributed by atoms with van der Waals surface area (Å²) in [6.45, 7) is 6.05. The van der Waals surface area contributed by atoms with Crippen molar-refractivity contribution in [2.45, 2.75) is 27.2 Å². The quantitative estimate of drug-likeness (QED) is 0.538. The fraction of sp³-hybridized carbons (Fsp3) is 0.900. The van der Waals surface area contributed by atoms with Gasteiger partial charge in [-0.25, -0.2) is 0 Å². The second kappa shape index (κ2) is 5.98. The lowest BCUT2D eigenvalue weighted by atomic mass is 9.80. The zero-order valence-corrected chi connectivity index (χ0v) is 9.21. The minimum Gasteiger partial charge on any atom is -0.396 e. The summed E-state index contributed by atoms with van der Waals surface area (Å²) in [5.74, 6) is -0.302. The predicted molar refractivity (Wildman–Crippen MR) is 54.7 cm³/mol. The number of rotatable bonds is 6. The van der Waals surface area contributed by atoms with E-state index in [1.54, 1.807) is 6.92 Å². The Morgan fingerprint density at radius 1 is 1.43 bits per heavy atom. The lowest BCUT2D eigenvalue weighted by Crippen LogP contribution is -2.39. The van der Waals surface area contributed by atoms with E-state index in [-0.39, 0.29) is 25.0 Å². The minimum atomic E-state index is -0.400. The topological polar surface area (TPSA) is 69.6 Å². The van der Waals surface area contributed by atoms with Crippen LogP contribution in [0, 0.1) is 11.3 Å². The number of hydrogen-bond donors (Lipinski definition) is 3. The average molecular weight is 203 g/mol. The first-order valence-corrected chi connectivity index (χ1v) is 4.95. The van der Waals surface area contributed by atoms with Crippen molar-refractivity contribution < 1.29 is 15.0 Å². The van der Waals surface area contributed by atoms with Gasteiger partial charge >= 0.3 is 0 Å². The fourth-order valence-corrected chi connectivity index (χ4v) is 0.936. The summed E-state index contributed by atoms with van der Waals surface area (Å²) in [6.07, 6.45) is 0.567. The summed E-state index contributed by atoms with van der Waals surface area (Å²) < 4.78 is 0. The maximum absolute atomic E-state index is 11.5. The van der Waals surface area contributed by atoms with Crippen molar-refractivity contribution in [1.29, 1.82) is 0 Å². The second-order valence-corrected chi connectivity index (χ2v) is 4.24. The molecule has 1 unspecified atom stereocenters. The van der Waals surface area contributed by atoms with Gasteiger partial charge in [0.1, 0.15) is 0 Å². The van der Waals surface area contributed by atoms with Crippen molar-refractivity contribution >= 4 is 5.91 Å². The van der Waals surface area contributed by atoms with Crippen LogP contribution in [0.1, 0.15) is 27.2 Å². The number of amides is 1. The lowest BCUT2D eigenvalue weighted by Gasteiger charge is -2.28. The molecule has 0 saturated carbocycles. The maximum atomic E-state index is 11.5. The van der Waals surface area contributed by atoms with E-state index in [1.807, 2.05) is 13.8 Å². The van der Waals surface area contributed by atoms with E-state index in [0.717, 1.165) is 0 Å². The van der Waals surface area contributed by atoms with Crippen molar-refractivity contribution in [3.05, 3.63) is 0 Å². The van der Waals surface area contributed by atoms with Crippen molar-refractivity contribution in [1.82, 2.24) is 5.32 Å². The van der Waals surface area contributed by atoms with Crippen LogP contribution >= 0.6 is 0 Å². The van der Waals surface area contributed by atoms with Crippen LogP contribution in [-0.2, 0) is 4.79 Å². The molecule has 0 aliphatic carbocycles. The standard InChI is InChI=1S/C10H21NO3/c1-8(10(2,3)7-13)9(14)11-5-4-6-12/h8,12-13H,4-7H2,1-3H3,(H,11,14). The largest absolute Gasteiger partial charge is 0.396 e. The Bertz CT molecular complexity index is 180. The van der Waals surface area contributed by atoms with Crippen molar-refractivity contribution in [3.8, 4) is 0 Å². The molecule has 4 heteroatoms. The fourth-order valence-electron chi connectivity index (χ4n) is 0.936. The van der Waals surface area contributed by atoms with Crippen LogP contribution in [0.25, 0.3) is 0 Å². The molecular formula is C10H21NO3. The van der Waals surface area contributed by atoms with Crippen LogP contribution < -0.4 is 5.32 Å². The van der Waals surface area contributed by atoms with E-state index in [0.29, 0.717) is 13.0 Å². The Labute approximate surface area is 85.3 Å². The van der Waals surface area contributed by atoms with E-state index in [1.165, 1.54) is 0 Å². The Morgan fingerprint density at radius 2 is 2.00 bits per heavy atom. The van der Waals surface area contributed by atoms with Crippen LogP contribution in [0.3, 0.4) is 0 Å². The molecular weight excluding hydrogens is 182 g/mol. The number of carbonyl (C=O) groups is 1. The van der Waals surface area contributed by atoms with Crippen LogP contribution in [0.15, 0.2) is 0 Å². The molecule has 0 aliphatic rings. The van der Waals surface area contributed by atoms with E-state index in [4.69, 9.17) is 10.2 Å². The molecule has 0 aromatic rings. The molecule has 0 aliphatic heterocycles. The van der Waals surface area contributed by atoms with Gasteiger partial charge in [-0.2, -0.15) is 0 Å². The number of hydrogen-bond acceptors (Lipinski definition) is 3. The van der Waals surface area contributed by atoms with E-state index in [2.05, 4.69) is 5.32 Å². The molecule has 0 saturated heterocycles. The molecule has 0 spiro atoms. The first-order valence-electron chi connectivity index (χ1n) is 4.95. The number of nitrogens with one attached hydrogen (secondary N) is 1. The molecule has 0 fully saturated rings. The normalized spacial score (nSPS) is 13.8. The molecule has 14 heavy (non-hydrogen) atoms. The van der Waals surface area contributed by atoms with Gasteiger partial charge in [-0.1, -0.05) is 20.8 Å². The highest BCUT2D eigenvalue weighted by Crippen LogP contribution is 2.25. The maximum Gasteiger partial charge on any atom is 0.223 e. The third-order valence-electron chi connectivity index (χ3n) is 2.61. The molecule has 0 heterocycles. The van der Waals surface area contributed by atoms with Crippen LogP contribution in [0.2, 0.25) is 0 Å². The van der Waals surface area contributed by atoms with Crippen LogP contribution in [-0.4, -0.2) is 35.9 Å². The molecule has 1 amide bonds.